The molecule has 2 fully saturated rings. The van der Waals surface area contributed by atoms with E-state index in [1.807, 2.05) is 4.90 Å². The maximum atomic E-state index is 12.8. The van der Waals surface area contributed by atoms with Gasteiger partial charge in [-0.3, -0.25) is 19.3 Å². The zero-order valence-corrected chi connectivity index (χ0v) is 17.0. The lowest BCUT2D eigenvalue weighted by Crippen LogP contribution is -2.53. The average molecular weight is 441 g/mol. The Morgan fingerprint density at radius 3 is 2.58 bits per heavy atom. The molecule has 1 aromatic carbocycles. The molecule has 3 N–H and O–H groups in total. The van der Waals surface area contributed by atoms with Gasteiger partial charge in [0.2, 0.25) is 11.8 Å². The first-order chi connectivity index (χ1) is 14.7. The van der Waals surface area contributed by atoms with Crippen molar-refractivity contribution in [2.75, 3.05) is 45.8 Å². The van der Waals surface area contributed by atoms with E-state index in [1.54, 1.807) is 4.90 Å². The Hall–Kier alpha value is -2.66. The van der Waals surface area contributed by atoms with Crippen LogP contribution in [0.4, 0.5) is 13.2 Å². The number of rotatable bonds is 6. The minimum Gasteiger partial charge on any atom is -0.343 e. The van der Waals surface area contributed by atoms with Gasteiger partial charge >= 0.3 is 6.18 Å². The van der Waals surface area contributed by atoms with Crippen molar-refractivity contribution in [2.24, 2.45) is 0 Å². The highest BCUT2D eigenvalue weighted by Crippen LogP contribution is 2.29. The van der Waals surface area contributed by atoms with E-state index in [2.05, 4.69) is 16.0 Å². The van der Waals surface area contributed by atoms with Crippen LogP contribution in [0.5, 0.6) is 0 Å². The number of hydrogen-bond acceptors (Lipinski definition) is 5. The number of benzene rings is 1. The fraction of sp³-hybridized carbons (Fsp3) is 0.550. The summed E-state index contributed by atoms with van der Waals surface area (Å²) in [6, 6.07) is 4.01. The third-order valence-corrected chi connectivity index (χ3v) is 5.36. The molecule has 2 aliphatic rings. The number of piperazine rings is 1. The molecule has 0 aliphatic carbocycles. The highest BCUT2D eigenvalue weighted by atomic mass is 19.4. The van der Waals surface area contributed by atoms with E-state index in [0.29, 0.717) is 26.1 Å². The predicted octanol–water partition coefficient (Wildman–Crippen LogP) is 0.405. The van der Waals surface area contributed by atoms with E-state index in [1.165, 1.54) is 6.07 Å². The van der Waals surface area contributed by atoms with Crippen molar-refractivity contribution in [1.82, 2.24) is 25.8 Å². The van der Waals surface area contributed by atoms with Gasteiger partial charge in [-0.25, -0.2) is 0 Å². The molecule has 11 heteroatoms. The van der Waals surface area contributed by atoms with Gasteiger partial charge in [0.1, 0.15) is 0 Å². The van der Waals surface area contributed by atoms with Crippen LogP contribution in [-0.2, 0) is 15.8 Å². The van der Waals surface area contributed by atoms with Crippen LogP contribution < -0.4 is 16.0 Å². The lowest BCUT2D eigenvalue weighted by molar-refractivity contribution is -0.137. The summed E-state index contributed by atoms with van der Waals surface area (Å²) in [7, 11) is 0. The number of nitrogens with zero attached hydrogens (tertiary/aromatic N) is 2. The Bertz CT molecular complexity index is 811. The fourth-order valence-electron chi connectivity index (χ4n) is 3.70. The van der Waals surface area contributed by atoms with E-state index in [9.17, 15) is 27.6 Å². The molecule has 0 aromatic heterocycles. The van der Waals surface area contributed by atoms with Crippen molar-refractivity contribution in [3.63, 3.8) is 0 Å². The van der Waals surface area contributed by atoms with Crippen LogP contribution in [0, 0.1) is 0 Å². The van der Waals surface area contributed by atoms with Crippen molar-refractivity contribution < 1.29 is 27.6 Å². The summed E-state index contributed by atoms with van der Waals surface area (Å²) < 4.78 is 38.4. The number of amides is 3. The second-order valence-corrected chi connectivity index (χ2v) is 7.59. The van der Waals surface area contributed by atoms with E-state index < -0.39 is 23.6 Å². The maximum Gasteiger partial charge on any atom is 0.416 e. The summed E-state index contributed by atoms with van der Waals surface area (Å²) in [6.45, 7) is 3.36. The van der Waals surface area contributed by atoms with Crippen LogP contribution >= 0.6 is 0 Å². The van der Waals surface area contributed by atoms with Crippen molar-refractivity contribution in [1.29, 1.82) is 0 Å². The first-order valence-corrected chi connectivity index (χ1v) is 10.2. The lowest BCUT2D eigenvalue weighted by Gasteiger charge is -2.31. The largest absolute Gasteiger partial charge is 0.416 e. The van der Waals surface area contributed by atoms with Crippen molar-refractivity contribution in [3.8, 4) is 0 Å². The Morgan fingerprint density at radius 1 is 1.13 bits per heavy atom. The summed E-state index contributed by atoms with van der Waals surface area (Å²) in [4.78, 5) is 40.5. The van der Waals surface area contributed by atoms with Gasteiger partial charge in [0.25, 0.3) is 5.91 Å². The average Bonchev–Trinajstić information content (AvgIpc) is 3.18. The van der Waals surface area contributed by atoms with E-state index in [-0.39, 0.29) is 30.7 Å². The molecular weight excluding hydrogens is 415 g/mol. The van der Waals surface area contributed by atoms with E-state index in [0.717, 1.165) is 37.7 Å². The molecule has 3 rings (SSSR count). The standard InChI is InChI=1S/C20H26F3N5O3/c21-20(22,23)15-4-1-3-14(11-15)19(31)25-12-17(29)26-16-5-2-8-28(16)13-18(30)27-9-6-24-7-10-27/h1,3-4,11,16,24H,2,5-10,12-13H2,(H,25,31)(H,26,29). The van der Waals surface area contributed by atoms with E-state index in [4.69, 9.17) is 0 Å². The smallest absolute Gasteiger partial charge is 0.343 e. The van der Waals surface area contributed by atoms with Gasteiger partial charge in [-0.1, -0.05) is 6.07 Å². The summed E-state index contributed by atoms with van der Waals surface area (Å²) in [5.74, 6) is -1.22. The van der Waals surface area contributed by atoms with Gasteiger partial charge in [-0.2, -0.15) is 13.2 Å². The van der Waals surface area contributed by atoms with Gasteiger partial charge in [-0.15, -0.1) is 0 Å². The minimum absolute atomic E-state index is 0.0144. The Morgan fingerprint density at radius 2 is 1.87 bits per heavy atom. The summed E-state index contributed by atoms with van der Waals surface area (Å²) in [5, 5.41) is 8.32. The molecular formula is C20H26F3N5O3. The molecule has 1 atom stereocenters. The molecule has 1 aromatic rings. The SMILES string of the molecule is O=C(CNC(=O)c1cccc(C(F)(F)F)c1)NC1CCCN1CC(=O)N1CCNCC1. The van der Waals surface area contributed by atoms with Crippen LogP contribution in [0.25, 0.3) is 0 Å². The number of carbonyl (C=O) groups excluding carboxylic acids is 3. The molecule has 0 radical (unpaired) electrons. The number of nitrogens with one attached hydrogen (secondary N) is 3. The Balaban J connectivity index is 1.47. The van der Waals surface area contributed by atoms with Crippen LogP contribution in [0.1, 0.15) is 28.8 Å². The maximum absolute atomic E-state index is 12.8. The van der Waals surface area contributed by atoms with Gasteiger partial charge < -0.3 is 20.9 Å². The molecule has 3 amide bonds. The normalized spacial score (nSPS) is 19.8. The van der Waals surface area contributed by atoms with Crippen LogP contribution in [0.15, 0.2) is 24.3 Å². The highest BCUT2D eigenvalue weighted by Gasteiger charge is 2.31. The molecule has 31 heavy (non-hydrogen) atoms. The van der Waals surface area contributed by atoms with Crippen molar-refractivity contribution in [3.05, 3.63) is 35.4 Å². The predicted molar refractivity (Wildman–Crippen MR) is 106 cm³/mol. The van der Waals surface area contributed by atoms with Crippen LogP contribution in [0.3, 0.4) is 0 Å². The van der Waals surface area contributed by atoms with Crippen LogP contribution in [0.2, 0.25) is 0 Å². The Labute approximate surface area is 178 Å². The molecule has 2 saturated heterocycles. The number of halogens is 3. The minimum atomic E-state index is -4.55. The van der Waals surface area contributed by atoms with E-state index >= 15 is 0 Å². The van der Waals surface area contributed by atoms with Gasteiger partial charge in [-0.05, 0) is 31.0 Å². The lowest BCUT2D eigenvalue weighted by atomic mass is 10.1. The summed E-state index contributed by atoms with van der Waals surface area (Å²) in [5.41, 5.74) is -1.10. The third kappa shape index (κ3) is 6.41. The molecule has 170 valence electrons. The van der Waals surface area contributed by atoms with Gasteiger partial charge in [0.05, 0.1) is 24.8 Å². The molecule has 1 unspecified atom stereocenters. The highest BCUT2D eigenvalue weighted by molar-refractivity contribution is 5.96. The second-order valence-electron chi connectivity index (χ2n) is 7.59. The summed E-state index contributed by atoms with van der Waals surface area (Å²) in [6.07, 6.45) is -3.36. The number of alkyl halides is 3. The molecule has 2 aliphatic heterocycles. The fourth-order valence-corrected chi connectivity index (χ4v) is 3.70. The van der Waals surface area contributed by atoms with Crippen molar-refractivity contribution >= 4 is 17.7 Å². The van der Waals surface area contributed by atoms with Crippen LogP contribution in [-0.4, -0.2) is 79.5 Å². The molecule has 8 nitrogen and oxygen atoms in total. The Kier molecular flexibility index (Phi) is 7.50. The quantitative estimate of drug-likeness (QED) is 0.595. The first-order valence-electron chi connectivity index (χ1n) is 10.2. The number of carbonyl (C=O) groups is 3. The number of likely N-dealkylation sites (tertiary alicyclic amines) is 1. The molecule has 0 saturated carbocycles. The molecule has 0 bridgehead atoms. The second kappa shape index (κ2) is 10.1. The zero-order chi connectivity index (χ0) is 22.4. The monoisotopic (exact) mass is 441 g/mol. The van der Waals surface area contributed by atoms with Gasteiger partial charge in [0.15, 0.2) is 0 Å². The zero-order valence-electron chi connectivity index (χ0n) is 17.0. The molecule has 0 spiro atoms. The molecule has 2 heterocycles. The van der Waals surface area contributed by atoms with Gasteiger partial charge in [0, 0.05) is 38.3 Å². The number of hydrogen-bond donors (Lipinski definition) is 3. The third-order valence-electron chi connectivity index (χ3n) is 5.36. The topological polar surface area (TPSA) is 93.8 Å². The summed E-state index contributed by atoms with van der Waals surface area (Å²) >= 11 is 0. The van der Waals surface area contributed by atoms with Crippen molar-refractivity contribution in [2.45, 2.75) is 25.2 Å². The first kappa shape index (κ1) is 23.0.